The van der Waals surface area contributed by atoms with Gasteiger partial charge in [-0.1, -0.05) is 18.9 Å². The molecule has 0 saturated heterocycles. The number of nitrogens with zero attached hydrogens (tertiary/aromatic N) is 2. The zero-order valence-corrected chi connectivity index (χ0v) is 12.3. The molecule has 20 heavy (non-hydrogen) atoms. The lowest BCUT2D eigenvalue weighted by atomic mass is 9.94. The molecule has 1 saturated carbocycles. The van der Waals surface area contributed by atoms with Gasteiger partial charge in [0.15, 0.2) is 0 Å². The molecule has 0 radical (unpaired) electrons. The number of carboxylic acids is 1. The summed E-state index contributed by atoms with van der Waals surface area (Å²) in [5, 5.41) is 9.84. The van der Waals surface area contributed by atoms with Crippen LogP contribution in [0.25, 0.3) is 11.0 Å². The summed E-state index contributed by atoms with van der Waals surface area (Å²) in [5.74, 6) is -0.911. The molecule has 1 aliphatic carbocycles. The van der Waals surface area contributed by atoms with E-state index in [9.17, 15) is 9.90 Å². The monoisotopic (exact) mass is 290 g/mol. The second-order valence-corrected chi connectivity index (χ2v) is 6.33. The standard InChI is InChI=1S/C15H18N2O2S/c1-20-13-8-3-2-6-11(13)17-9-16-14-10(15(18)19)5-4-7-12(14)17/h4-5,7,9,11,13H,2-3,6,8H2,1H3,(H,18,19). The van der Waals surface area contributed by atoms with Gasteiger partial charge in [0.1, 0.15) is 5.52 Å². The summed E-state index contributed by atoms with van der Waals surface area (Å²) in [6, 6.07) is 5.82. The Morgan fingerprint density at radius 1 is 1.40 bits per heavy atom. The number of benzene rings is 1. The van der Waals surface area contributed by atoms with Crippen LogP contribution in [-0.4, -0.2) is 32.1 Å². The molecule has 0 aliphatic heterocycles. The highest BCUT2D eigenvalue weighted by Crippen LogP contribution is 2.37. The van der Waals surface area contributed by atoms with Gasteiger partial charge in [-0.25, -0.2) is 9.78 Å². The minimum absolute atomic E-state index is 0.290. The average Bonchev–Trinajstić information content (AvgIpc) is 2.90. The van der Waals surface area contributed by atoms with Crippen LogP contribution in [0.2, 0.25) is 0 Å². The molecule has 0 spiro atoms. The summed E-state index contributed by atoms with van der Waals surface area (Å²) in [6.45, 7) is 0. The van der Waals surface area contributed by atoms with E-state index in [-0.39, 0.29) is 5.56 Å². The summed E-state index contributed by atoms with van der Waals surface area (Å²) in [4.78, 5) is 15.6. The Bertz CT molecular complexity index is 638. The fourth-order valence-corrected chi connectivity index (χ4v) is 4.15. The smallest absolute Gasteiger partial charge is 0.337 e. The van der Waals surface area contributed by atoms with Gasteiger partial charge in [-0.2, -0.15) is 11.8 Å². The molecule has 2 atom stereocenters. The molecule has 1 fully saturated rings. The van der Waals surface area contributed by atoms with Crippen LogP contribution in [0, 0.1) is 0 Å². The summed E-state index contributed by atoms with van der Waals surface area (Å²) in [5.41, 5.74) is 1.83. The normalized spacial score (nSPS) is 23.1. The zero-order chi connectivity index (χ0) is 14.1. The molecule has 4 nitrogen and oxygen atoms in total. The Balaban J connectivity index is 2.08. The summed E-state index contributed by atoms with van der Waals surface area (Å²) < 4.78 is 2.18. The number of hydrogen-bond donors (Lipinski definition) is 1. The summed E-state index contributed by atoms with van der Waals surface area (Å²) in [6.07, 6.45) is 8.87. The quantitative estimate of drug-likeness (QED) is 0.938. The van der Waals surface area contributed by atoms with Gasteiger partial charge in [-0.15, -0.1) is 0 Å². The molecule has 1 N–H and O–H groups in total. The van der Waals surface area contributed by atoms with E-state index in [0.717, 1.165) is 11.9 Å². The number of carboxylic acid groups (broad SMARTS) is 1. The van der Waals surface area contributed by atoms with E-state index < -0.39 is 5.97 Å². The Morgan fingerprint density at radius 3 is 2.95 bits per heavy atom. The minimum atomic E-state index is -0.911. The Labute approximate surface area is 122 Å². The molecular formula is C15H18N2O2S. The van der Waals surface area contributed by atoms with Crippen molar-refractivity contribution in [1.29, 1.82) is 0 Å². The van der Waals surface area contributed by atoms with E-state index in [0.29, 0.717) is 16.8 Å². The molecule has 1 aromatic heterocycles. The number of hydrogen-bond acceptors (Lipinski definition) is 3. The van der Waals surface area contributed by atoms with Crippen LogP contribution >= 0.6 is 11.8 Å². The Kier molecular flexibility index (Phi) is 3.70. The third kappa shape index (κ3) is 2.20. The molecule has 3 rings (SSSR count). The lowest BCUT2D eigenvalue weighted by Crippen LogP contribution is -2.24. The Morgan fingerprint density at radius 2 is 2.20 bits per heavy atom. The molecule has 5 heteroatoms. The van der Waals surface area contributed by atoms with E-state index in [1.165, 1.54) is 19.3 Å². The van der Waals surface area contributed by atoms with Crippen molar-refractivity contribution in [3.8, 4) is 0 Å². The van der Waals surface area contributed by atoms with E-state index >= 15 is 0 Å². The first-order valence-corrected chi connectivity index (χ1v) is 8.23. The van der Waals surface area contributed by atoms with E-state index in [2.05, 4.69) is 15.8 Å². The molecule has 2 unspecified atom stereocenters. The average molecular weight is 290 g/mol. The third-order valence-electron chi connectivity index (χ3n) is 4.16. The number of imidazole rings is 1. The lowest BCUT2D eigenvalue weighted by Gasteiger charge is -2.31. The fourth-order valence-electron chi connectivity index (χ4n) is 3.16. The third-order valence-corrected chi connectivity index (χ3v) is 5.32. The maximum atomic E-state index is 11.3. The number of aromatic carboxylic acids is 1. The first kappa shape index (κ1) is 13.5. The summed E-state index contributed by atoms with van der Waals surface area (Å²) in [7, 11) is 0. The minimum Gasteiger partial charge on any atom is -0.478 e. The van der Waals surface area contributed by atoms with E-state index in [1.807, 2.05) is 24.2 Å². The van der Waals surface area contributed by atoms with Gasteiger partial charge in [0.25, 0.3) is 0 Å². The maximum absolute atomic E-state index is 11.3. The number of aromatic nitrogens is 2. The first-order chi connectivity index (χ1) is 9.72. The lowest BCUT2D eigenvalue weighted by molar-refractivity contribution is 0.0699. The zero-order valence-electron chi connectivity index (χ0n) is 11.5. The predicted molar refractivity (Wildman–Crippen MR) is 81.5 cm³/mol. The molecule has 0 amide bonds. The van der Waals surface area contributed by atoms with Gasteiger partial charge < -0.3 is 9.67 Å². The maximum Gasteiger partial charge on any atom is 0.337 e. The fraction of sp³-hybridized carbons (Fsp3) is 0.467. The second kappa shape index (κ2) is 5.48. The topological polar surface area (TPSA) is 55.1 Å². The van der Waals surface area contributed by atoms with Gasteiger partial charge in [-0.05, 0) is 31.2 Å². The van der Waals surface area contributed by atoms with Crippen molar-refractivity contribution in [3.63, 3.8) is 0 Å². The van der Waals surface area contributed by atoms with Crippen LogP contribution in [-0.2, 0) is 0 Å². The Hall–Kier alpha value is -1.49. The predicted octanol–water partition coefficient (Wildman–Crippen LogP) is 3.58. The molecule has 106 valence electrons. The number of para-hydroxylation sites is 1. The van der Waals surface area contributed by atoms with Crippen LogP contribution in [0.15, 0.2) is 24.5 Å². The van der Waals surface area contributed by atoms with Gasteiger partial charge in [-0.3, -0.25) is 0 Å². The molecule has 1 heterocycles. The highest BCUT2D eigenvalue weighted by Gasteiger charge is 2.27. The van der Waals surface area contributed by atoms with Crippen LogP contribution in [0.4, 0.5) is 0 Å². The van der Waals surface area contributed by atoms with Gasteiger partial charge in [0.2, 0.25) is 0 Å². The van der Waals surface area contributed by atoms with Gasteiger partial charge >= 0.3 is 5.97 Å². The van der Waals surface area contributed by atoms with Crippen LogP contribution in [0.3, 0.4) is 0 Å². The second-order valence-electron chi connectivity index (χ2n) is 5.26. The van der Waals surface area contributed by atoms with E-state index in [4.69, 9.17) is 0 Å². The van der Waals surface area contributed by atoms with Crippen LogP contribution in [0.1, 0.15) is 42.1 Å². The molecule has 1 aliphatic rings. The van der Waals surface area contributed by atoms with Crippen molar-refractivity contribution in [2.24, 2.45) is 0 Å². The van der Waals surface area contributed by atoms with Gasteiger partial charge in [0, 0.05) is 11.3 Å². The number of rotatable bonds is 3. The molecular weight excluding hydrogens is 272 g/mol. The SMILES string of the molecule is CSC1CCCCC1n1cnc2c(C(=O)O)cccc21. The molecule has 2 aromatic rings. The van der Waals surface area contributed by atoms with E-state index in [1.54, 1.807) is 12.1 Å². The largest absolute Gasteiger partial charge is 0.478 e. The number of fused-ring (bicyclic) bond motifs is 1. The highest BCUT2D eigenvalue weighted by molar-refractivity contribution is 7.99. The number of thioether (sulfide) groups is 1. The van der Waals surface area contributed by atoms with Crippen LogP contribution in [0.5, 0.6) is 0 Å². The van der Waals surface area contributed by atoms with Crippen LogP contribution < -0.4 is 0 Å². The first-order valence-electron chi connectivity index (χ1n) is 6.94. The van der Waals surface area contributed by atoms with Crippen molar-refractivity contribution >= 4 is 28.8 Å². The van der Waals surface area contributed by atoms with Crippen molar-refractivity contribution in [2.75, 3.05) is 6.26 Å². The highest BCUT2D eigenvalue weighted by atomic mass is 32.2. The van der Waals surface area contributed by atoms with Crippen molar-refractivity contribution in [3.05, 3.63) is 30.1 Å². The van der Waals surface area contributed by atoms with Gasteiger partial charge in [0.05, 0.1) is 17.4 Å². The number of carbonyl (C=O) groups is 1. The van der Waals surface area contributed by atoms with Crippen molar-refractivity contribution in [2.45, 2.75) is 37.0 Å². The molecule has 0 bridgehead atoms. The van der Waals surface area contributed by atoms with Crippen molar-refractivity contribution in [1.82, 2.24) is 9.55 Å². The molecule has 1 aromatic carbocycles. The summed E-state index contributed by atoms with van der Waals surface area (Å²) >= 11 is 1.91. The van der Waals surface area contributed by atoms with Crippen molar-refractivity contribution < 1.29 is 9.90 Å².